The van der Waals surface area contributed by atoms with Crippen LogP contribution in [0.4, 0.5) is 11.6 Å². The quantitative estimate of drug-likeness (QED) is 0.640. The minimum absolute atomic E-state index is 0.0757. The molecule has 1 fully saturated rings. The predicted octanol–water partition coefficient (Wildman–Crippen LogP) is 2.45. The average molecular weight is 287 g/mol. The molecule has 0 amide bonds. The van der Waals surface area contributed by atoms with Crippen molar-refractivity contribution in [2.75, 3.05) is 11.4 Å². The van der Waals surface area contributed by atoms with E-state index in [2.05, 4.69) is 14.9 Å². The van der Waals surface area contributed by atoms with Crippen LogP contribution in [0.1, 0.15) is 30.9 Å². The molecule has 0 saturated carbocycles. The largest absolute Gasteiger partial charge is 0.406 e. The summed E-state index contributed by atoms with van der Waals surface area (Å²) in [6.45, 7) is 0.792. The number of pyridine rings is 1. The van der Waals surface area contributed by atoms with Gasteiger partial charge in [-0.1, -0.05) is 6.07 Å². The summed E-state index contributed by atoms with van der Waals surface area (Å²) < 4.78 is 1.73. The normalized spacial score (nSPS) is 18.7. The molecule has 0 radical (unpaired) electrons. The van der Waals surface area contributed by atoms with E-state index in [9.17, 15) is 10.1 Å². The molecule has 1 unspecified atom stereocenters. The van der Waals surface area contributed by atoms with Crippen molar-refractivity contribution in [1.29, 1.82) is 0 Å². The van der Waals surface area contributed by atoms with E-state index in [0.717, 1.165) is 31.4 Å². The number of anilines is 1. The molecule has 0 aliphatic carbocycles. The second kappa shape index (κ2) is 5.51. The number of hydrogen-bond acceptors (Lipinski definition) is 5. The Balaban J connectivity index is 2.03. The zero-order valence-electron chi connectivity index (χ0n) is 11.8. The first-order valence-corrected chi connectivity index (χ1v) is 7.00. The van der Waals surface area contributed by atoms with E-state index < -0.39 is 4.92 Å². The SMILES string of the molecule is Cn1cnc([N+](=O)[O-])c1N1CCCCC1c1cccnc1. The van der Waals surface area contributed by atoms with Gasteiger partial charge in [0, 0.05) is 26.0 Å². The predicted molar refractivity (Wildman–Crippen MR) is 78.0 cm³/mol. The Kier molecular flexibility index (Phi) is 3.55. The highest BCUT2D eigenvalue weighted by Gasteiger charge is 2.32. The Morgan fingerprint density at radius 2 is 2.29 bits per heavy atom. The summed E-state index contributed by atoms with van der Waals surface area (Å²) in [5.74, 6) is 0.502. The van der Waals surface area contributed by atoms with Crippen LogP contribution in [0.15, 0.2) is 30.9 Å². The molecule has 3 rings (SSSR count). The highest BCUT2D eigenvalue weighted by Crippen LogP contribution is 2.38. The third kappa shape index (κ3) is 2.46. The molecule has 0 spiro atoms. The molecule has 0 bridgehead atoms. The Labute approximate surface area is 122 Å². The lowest BCUT2D eigenvalue weighted by Gasteiger charge is -2.36. The molecule has 7 nitrogen and oxygen atoms in total. The van der Waals surface area contributed by atoms with E-state index in [4.69, 9.17) is 0 Å². The smallest absolute Gasteiger partial charge is 0.358 e. The second-order valence-corrected chi connectivity index (χ2v) is 5.25. The molecule has 2 aromatic rings. The van der Waals surface area contributed by atoms with E-state index >= 15 is 0 Å². The first kappa shape index (κ1) is 13.5. The van der Waals surface area contributed by atoms with Crippen LogP contribution in [-0.4, -0.2) is 26.0 Å². The summed E-state index contributed by atoms with van der Waals surface area (Å²) in [5.41, 5.74) is 1.09. The van der Waals surface area contributed by atoms with E-state index in [0.29, 0.717) is 5.82 Å². The van der Waals surface area contributed by atoms with Gasteiger partial charge in [-0.25, -0.2) is 0 Å². The lowest BCUT2D eigenvalue weighted by atomic mass is 9.96. The van der Waals surface area contributed by atoms with Crippen LogP contribution in [0.25, 0.3) is 0 Å². The minimum atomic E-state index is -0.412. The summed E-state index contributed by atoms with van der Waals surface area (Å²) >= 11 is 0. The summed E-state index contributed by atoms with van der Waals surface area (Å²) in [5, 5.41) is 11.2. The molecule has 1 aliphatic heterocycles. The van der Waals surface area contributed by atoms with Crippen molar-refractivity contribution in [1.82, 2.24) is 14.5 Å². The van der Waals surface area contributed by atoms with Gasteiger partial charge in [0.2, 0.25) is 12.1 Å². The van der Waals surface area contributed by atoms with Crippen LogP contribution in [0.2, 0.25) is 0 Å². The average Bonchev–Trinajstić information content (AvgIpc) is 2.90. The van der Waals surface area contributed by atoms with Crippen molar-refractivity contribution >= 4 is 11.6 Å². The molecular weight excluding hydrogens is 270 g/mol. The molecular formula is C14H17N5O2. The van der Waals surface area contributed by atoms with E-state index in [1.165, 1.54) is 6.33 Å². The number of piperidine rings is 1. The standard InChI is InChI=1S/C14H17N5O2/c1-17-10-16-13(19(20)21)14(17)18-8-3-2-6-12(18)11-5-4-7-15-9-11/h4-5,7,9-10,12H,2-3,6,8H2,1H3. The van der Waals surface area contributed by atoms with Gasteiger partial charge in [-0.05, 0) is 40.8 Å². The minimum Gasteiger partial charge on any atom is -0.358 e. The molecule has 2 aromatic heterocycles. The summed E-state index contributed by atoms with van der Waals surface area (Å²) in [6.07, 6.45) is 8.19. The van der Waals surface area contributed by atoms with Crippen molar-refractivity contribution in [3.8, 4) is 0 Å². The van der Waals surface area contributed by atoms with Gasteiger partial charge in [0.05, 0.1) is 6.04 Å². The monoisotopic (exact) mass is 287 g/mol. The van der Waals surface area contributed by atoms with Gasteiger partial charge < -0.3 is 15.0 Å². The highest BCUT2D eigenvalue weighted by atomic mass is 16.6. The molecule has 0 N–H and O–H groups in total. The molecule has 110 valence electrons. The summed E-state index contributed by atoms with van der Waals surface area (Å²) in [6, 6.07) is 4.04. The fourth-order valence-electron chi connectivity index (χ4n) is 2.98. The fraction of sp³-hybridized carbons (Fsp3) is 0.429. The van der Waals surface area contributed by atoms with Crippen molar-refractivity contribution < 1.29 is 4.92 Å². The van der Waals surface area contributed by atoms with Crippen molar-refractivity contribution in [2.45, 2.75) is 25.3 Å². The number of nitrogens with zero attached hydrogens (tertiary/aromatic N) is 5. The van der Waals surface area contributed by atoms with Gasteiger partial charge in [0.1, 0.15) is 0 Å². The van der Waals surface area contributed by atoms with Crippen molar-refractivity contribution in [2.24, 2.45) is 7.05 Å². The topological polar surface area (TPSA) is 77.1 Å². The maximum atomic E-state index is 11.2. The van der Waals surface area contributed by atoms with Gasteiger partial charge in [0.15, 0.2) is 0 Å². The molecule has 1 aliphatic rings. The number of nitro groups is 1. The Bertz CT molecular complexity index is 640. The van der Waals surface area contributed by atoms with E-state index in [-0.39, 0.29) is 11.9 Å². The number of rotatable bonds is 3. The highest BCUT2D eigenvalue weighted by molar-refractivity contribution is 5.56. The molecule has 21 heavy (non-hydrogen) atoms. The van der Waals surface area contributed by atoms with Crippen molar-refractivity contribution in [3.05, 3.63) is 46.5 Å². The van der Waals surface area contributed by atoms with E-state index in [1.54, 1.807) is 17.8 Å². The molecule has 1 saturated heterocycles. The molecule has 7 heteroatoms. The van der Waals surface area contributed by atoms with Crippen LogP contribution in [-0.2, 0) is 7.05 Å². The van der Waals surface area contributed by atoms with Crippen LogP contribution in [0.3, 0.4) is 0 Å². The summed E-state index contributed by atoms with van der Waals surface area (Å²) in [7, 11) is 1.80. The van der Waals surface area contributed by atoms with Crippen LogP contribution in [0, 0.1) is 10.1 Å². The van der Waals surface area contributed by atoms with Gasteiger partial charge in [-0.2, -0.15) is 0 Å². The summed E-state index contributed by atoms with van der Waals surface area (Å²) in [4.78, 5) is 21.0. The fourth-order valence-corrected chi connectivity index (χ4v) is 2.98. The first-order valence-electron chi connectivity index (χ1n) is 7.00. The maximum absolute atomic E-state index is 11.2. The van der Waals surface area contributed by atoms with Gasteiger partial charge in [-0.3, -0.25) is 9.55 Å². The Hall–Kier alpha value is -2.44. The zero-order valence-corrected chi connectivity index (χ0v) is 11.8. The van der Waals surface area contributed by atoms with Crippen LogP contribution < -0.4 is 4.90 Å². The zero-order chi connectivity index (χ0) is 14.8. The second-order valence-electron chi connectivity index (χ2n) is 5.25. The lowest BCUT2D eigenvalue weighted by molar-refractivity contribution is -0.388. The first-order chi connectivity index (χ1) is 10.2. The third-order valence-electron chi connectivity index (χ3n) is 3.90. The Morgan fingerprint density at radius 1 is 1.43 bits per heavy atom. The van der Waals surface area contributed by atoms with Gasteiger partial charge >= 0.3 is 5.82 Å². The number of aryl methyl sites for hydroxylation is 1. The third-order valence-corrected chi connectivity index (χ3v) is 3.90. The van der Waals surface area contributed by atoms with E-state index in [1.807, 2.05) is 18.3 Å². The molecule has 3 heterocycles. The molecule has 1 atom stereocenters. The molecule has 0 aromatic carbocycles. The van der Waals surface area contributed by atoms with Gasteiger partial charge in [-0.15, -0.1) is 0 Å². The van der Waals surface area contributed by atoms with Gasteiger partial charge in [0.25, 0.3) is 0 Å². The number of hydrogen-bond donors (Lipinski definition) is 0. The lowest BCUT2D eigenvalue weighted by Crippen LogP contribution is -2.35. The van der Waals surface area contributed by atoms with Crippen LogP contribution >= 0.6 is 0 Å². The Morgan fingerprint density at radius 3 is 3.00 bits per heavy atom. The number of aromatic nitrogens is 3. The van der Waals surface area contributed by atoms with Crippen molar-refractivity contribution in [3.63, 3.8) is 0 Å². The maximum Gasteiger partial charge on any atom is 0.406 e. The van der Waals surface area contributed by atoms with Crippen LogP contribution in [0.5, 0.6) is 0 Å². The number of imidazole rings is 1.